The average Bonchev–Trinajstić information content (AvgIpc) is 3.54. The molecule has 0 spiro atoms. The van der Waals surface area contributed by atoms with Crippen molar-refractivity contribution in [3.63, 3.8) is 0 Å². The van der Waals surface area contributed by atoms with Gasteiger partial charge in [-0.05, 0) is 50.2 Å². The topological polar surface area (TPSA) is 158 Å². The summed E-state index contributed by atoms with van der Waals surface area (Å²) in [5, 5.41) is 8.53. The lowest BCUT2D eigenvalue weighted by molar-refractivity contribution is -0.125. The van der Waals surface area contributed by atoms with E-state index in [1.807, 2.05) is 36.9 Å². The van der Waals surface area contributed by atoms with E-state index in [1.165, 1.54) is 6.33 Å². The van der Waals surface area contributed by atoms with E-state index in [2.05, 4.69) is 20.3 Å². The number of nitrogens with two attached hydrogens (primary N) is 2. The van der Waals surface area contributed by atoms with Crippen LogP contribution in [0.25, 0.3) is 33.5 Å². The minimum Gasteiger partial charge on any atom is -0.383 e. The first-order valence-electron chi connectivity index (χ1n) is 12.3. The maximum absolute atomic E-state index is 12.6. The van der Waals surface area contributed by atoms with Crippen molar-refractivity contribution in [1.82, 2.24) is 34.9 Å². The van der Waals surface area contributed by atoms with Gasteiger partial charge in [-0.2, -0.15) is 5.10 Å². The fourth-order valence-corrected chi connectivity index (χ4v) is 4.78. The molecule has 11 nitrogen and oxygen atoms in total. The monoisotopic (exact) mass is 511 g/mol. The number of amides is 2. The van der Waals surface area contributed by atoms with Crippen molar-refractivity contribution in [1.29, 1.82) is 0 Å². The van der Waals surface area contributed by atoms with Crippen molar-refractivity contribution >= 4 is 28.7 Å². The van der Waals surface area contributed by atoms with Gasteiger partial charge in [0, 0.05) is 48.6 Å². The van der Waals surface area contributed by atoms with Crippen LogP contribution in [-0.2, 0) is 4.79 Å². The Hall–Kier alpha value is -4.64. The highest BCUT2D eigenvalue weighted by molar-refractivity contribution is 6.03. The van der Waals surface area contributed by atoms with Crippen LogP contribution in [0.3, 0.4) is 0 Å². The number of pyridine rings is 1. The third-order valence-electron chi connectivity index (χ3n) is 6.67. The quantitative estimate of drug-likeness (QED) is 0.318. The summed E-state index contributed by atoms with van der Waals surface area (Å²) in [5.74, 6) is -0.287. The van der Waals surface area contributed by atoms with Gasteiger partial charge in [0.15, 0.2) is 5.65 Å². The molecule has 0 saturated carbocycles. The summed E-state index contributed by atoms with van der Waals surface area (Å²) in [6.07, 6.45) is 7.23. The lowest BCUT2D eigenvalue weighted by Crippen LogP contribution is -2.27. The van der Waals surface area contributed by atoms with Gasteiger partial charge in [0.2, 0.25) is 11.8 Å². The third kappa shape index (κ3) is 4.71. The number of fused-ring (bicyclic) bond motifs is 1. The third-order valence-corrected chi connectivity index (χ3v) is 6.67. The fourth-order valence-electron chi connectivity index (χ4n) is 4.78. The Bertz CT molecular complexity index is 1560. The van der Waals surface area contributed by atoms with Gasteiger partial charge in [0.25, 0.3) is 0 Å². The fraction of sp³-hybridized carbons (Fsp3) is 0.259. The molecule has 1 unspecified atom stereocenters. The molecule has 1 fully saturated rings. The zero-order valence-corrected chi connectivity index (χ0v) is 21.3. The molecule has 1 aliphatic heterocycles. The van der Waals surface area contributed by atoms with Crippen LogP contribution in [0.2, 0.25) is 0 Å². The number of nitrogen functional groups attached to an aromatic ring is 1. The molecule has 1 saturated heterocycles. The zero-order chi connectivity index (χ0) is 26.8. The van der Waals surface area contributed by atoms with Crippen molar-refractivity contribution in [2.75, 3.05) is 32.4 Å². The predicted molar refractivity (Wildman–Crippen MR) is 145 cm³/mol. The van der Waals surface area contributed by atoms with Crippen molar-refractivity contribution in [2.45, 2.75) is 19.4 Å². The molecule has 0 radical (unpaired) electrons. The summed E-state index contributed by atoms with van der Waals surface area (Å²) < 4.78 is 1.83. The predicted octanol–water partition coefficient (Wildman–Crippen LogP) is 2.09. The Morgan fingerprint density at radius 2 is 2.03 bits per heavy atom. The smallest absolute Gasteiger partial charge is 0.249 e. The van der Waals surface area contributed by atoms with E-state index in [0.29, 0.717) is 59.0 Å². The summed E-state index contributed by atoms with van der Waals surface area (Å²) in [7, 11) is 1.83. The van der Waals surface area contributed by atoms with Gasteiger partial charge in [0.05, 0.1) is 17.1 Å². The standard InChI is InChI=1S/C27H29N9O2/c1-16-7-10-31-21(12-16)20-13-17(5-6-19(20)26(29)38)24-23-25(28)32-15-33-27(23)36(34-24)18-8-11-35(14-18)22(37)4-3-9-30-2/h3-7,10,12-13,15,18,30H,8-9,11,14H2,1-2H3,(H2,29,38)(H2,28,32,33). The second-order valence-corrected chi connectivity index (χ2v) is 9.28. The molecule has 11 heteroatoms. The molecule has 0 aliphatic carbocycles. The Morgan fingerprint density at radius 1 is 1.18 bits per heavy atom. The lowest BCUT2D eigenvalue weighted by atomic mass is 9.97. The SMILES string of the molecule is CNCC=CC(=O)N1CCC(n2nc(-c3ccc(C(N)=O)c(-c4cc(C)ccn4)c3)c3c(N)ncnc32)C1. The number of nitrogens with one attached hydrogen (secondary N) is 1. The number of hydrogen-bond donors (Lipinski definition) is 3. The molecule has 5 rings (SSSR count). The van der Waals surface area contributed by atoms with E-state index in [1.54, 1.807) is 35.4 Å². The highest BCUT2D eigenvalue weighted by Crippen LogP contribution is 2.36. The maximum atomic E-state index is 12.6. The van der Waals surface area contributed by atoms with E-state index in [4.69, 9.17) is 16.6 Å². The van der Waals surface area contributed by atoms with E-state index in [9.17, 15) is 9.59 Å². The van der Waals surface area contributed by atoms with E-state index < -0.39 is 5.91 Å². The second kappa shape index (κ2) is 10.4. The normalized spacial score (nSPS) is 15.5. The van der Waals surface area contributed by atoms with E-state index in [0.717, 1.165) is 17.5 Å². The number of carbonyl (C=O) groups is 2. The van der Waals surface area contributed by atoms with Gasteiger partial charge < -0.3 is 21.7 Å². The number of primary amides is 1. The largest absolute Gasteiger partial charge is 0.383 e. The summed E-state index contributed by atoms with van der Waals surface area (Å²) in [5.41, 5.74) is 16.5. The van der Waals surface area contributed by atoms with Crippen molar-refractivity contribution < 1.29 is 9.59 Å². The van der Waals surface area contributed by atoms with Crippen LogP contribution in [0.15, 0.2) is 55.0 Å². The Balaban J connectivity index is 1.58. The van der Waals surface area contributed by atoms with Crippen molar-refractivity contribution in [3.05, 3.63) is 66.1 Å². The number of anilines is 1. The van der Waals surface area contributed by atoms with Gasteiger partial charge >= 0.3 is 0 Å². The summed E-state index contributed by atoms with van der Waals surface area (Å²) in [6.45, 7) is 3.70. The highest BCUT2D eigenvalue weighted by Gasteiger charge is 2.30. The second-order valence-electron chi connectivity index (χ2n) is 9.28. The van der Waals surface area contributed by atoms with Crippen molar-refractivity contribution in [3.8, 4) is 22.5 Å². The molecule has 0 bridgehead atoms. The molecule has 3 aromatic heterocycles. The van der Waals surface area contributed by atoms with Gasteiger partial charge in [0.1, 0.15) is 17.8 Å². The first kappa shape index (κ1) is 25.0. The summed E-state index contributed by atoms with van der Waals surface area (Å²) in [4.78, 5) is 39.8. The molecule has 2 amide bonds. The van der Waals surface area contributed by atoms with Crippen LogP contribution < -0.4 is 16.8 Å². The number of rotatable bonds is 7. The number of nitrogens with zero attached hydrogens (tertiary/aromatic N) is 6. The van der Waals surface area contributed by atoms with Gasteiger partial charge in [-0.3, -0.25) is 14.6 Å². The molecular formula is C27H29N9O2. The maximum Gasteiger partial charge on any atom is 0.249 e. The van der Waals surface area contributed by atoms with Crippen LogP contribution in [0.1, 0.15) is 28.4 Å². The summed E-state index contributed by atoms with van der Waals surface area (Å²) >= 11 is 0. The lowest BCUT2D eigenvalue weighted by Gasteiger charge is -2.15. The van der Waals surface area contributed by atoms with E-state index in [-0.39, 0.29) is 11.9 Å². The molecule has 1 aliphatic rings. The van der Waals surface area contributed by atoms with Gasteiger partial charge in [-0.15, -0.1) is 0 Å². The molecule has 194 valence electrons. The zero-order valence-electron chi connectivity index (χ0n) is 21.3. The molecular weight excluding hydrogens is 482 g/mol. The molecule has 1 atom stereocenters. The van der Waals surface area contributed by atoms with Gasteiger partial charge in [-0.25, -0.2) is 14.6 Å². The first-order chi connectivity index (χ1) is 18.4. The molecule has 4 aromatic rings. The van der Waals surface area contributed by atoms with E-state index >= 15 is 0 Å². The average molecular weight is 512 g/mol. The minimum absolute atomic E-state index is 0.0362. The van der Waals surface area contributed by atoms with Crippen LogP contribution in [0.5, 0.6) is 0 Å². The van der Waals surface area contributed by atoms with Crippen LogP contribution >= 0.6 is 0 Å². The first-order valence-corrected chi connectivity index (χ1v) is 12.3. The molecule has 38 heavy (non-hydrogen) atoms. The number of likely N-dealkylation sites (N-methyl/N-ethyl adjacent to an activating group) is 1. The van der Waals surface area contributed by atoms with Crippen LogP contribution in [-0.4, -0.2) is 68.1 Å². The number of hydrogen-bond acceptors (Lipinski definition) is 8. The molecule has 1 aromatic carbocycles. The Labute approximate surface area is 219 Å². The number of benzene rings is 1. The Kier molecular flexibility index (Phi) is 6.84. The number of likely N-dealkylation sites (tertiary alicyclic amines) is 1. The minimum atomic E-state index is -0.549. The van der Waals surface area contributed by atoms with Crippen LogP contribution in [0, 0.1) is 6.92 Å². The number of aromatic nitrogens is 5. The van der Waals surface area contributed by atoms with Crippen LogP contribution in [0.4, 0.5) is 5.82 Å². The highest BCUT2D eigenvalue weighted by atomic mass is 16.2. The number of aryl methyl sites for hydroxylation is 1. The molecule has 5 N–H and O–H groups in total. The molecule has 4 heterocycles. The van der Waals surface area contributed by atoms with Crippen molar-refractivity contribution in [2.24, 2.45) is 5.73 Å². The Morgan fingerprint density at radius 3 is 2.79 bits per heavy atom. The number of carbonyl (C=O) groups excluding carboxylic acids is 2. The van der Waals surface area contributed by atoms with Gasteiger partial charge in [-0.1, -0.05) is 12.1 Å². The summed E-state index contributed by atoms with van der Waals surface area (Å²) in [6, 6.07) is 9.01.